The van der Waals surface area contributed by atoms with Gasteiger partial charge in [0.15, 0.2) is 0 Å². The lowest BCUT2D eigenvalue weighted by atomic mass is 10.2. The summed E-state index contributed by atoms with van der Waals surface area (Å²) in [6, 6.07) is 0.188. The molecule has 1 atom stereocenters. The number of nitrogens with zero attached hydrogens (tertiary/aromatic N) is 2. The summed E-state index contributed by atoms with van der Waals surface area (Å²) in [7, 11) is 0. The third kappa shape index (κ3) is 4.63. The smallest absolute Gasteiger partial charge is 0.135 e. The molecule has 0 bridgehead atoms. The Morgan fingerprint density at radius 3 is 2.35 bits per heavy atom. The minimum atomic E-state index is 0.177. The van der Waals surface area contributed by atoms with Crippen LogP contribution in [0, 0.1) is 6.92 Å². The SMILES string of the molecule is CCCNc1nc(C(C)C)nc(NC(C)CCO)c1C. The Labute approximate surface area is 122 Å². The Bertz CT molecular complexity index is 421. The molecule has 0 amide bonds. The summed E-state index contributed by atoms with van der Waals surface area (Å²) in [6.45, 7) is 11.5. The second kappa shape index (κ2) is 8.04. The van der Waals surface area contributed by atoms with E-state index in [0.717, 1.165) is 36.0 Å². The van der Waals surface area contributed by atoms with Crippen molar-refractivity contribution in [3.05, 3.63) is 11.4 Å². The summed E-state index contributed by atoms with van der Waals surface area (Å²) in [6.07, 6.45) is 1.77. The molecular formula is C15H28N4O. The van der Waals surface area contributed by atoms with Crippen LogP contribution in [0.15, 0.2) is 0 Å². The summed E-state index contributed by atoms with van der Waals surface area (Å²) >= 11 is 0. The molecule has 114 valence electrons. The zero-order valence-corrected chi connectivity index (χ0v) is 13.3. The fourth-order valence-electron chi connectivity index (χ4n) is 1.85. The normalized spacial score (nSPS) is 12.6. The highest BCUT2D eigenvalue weighted by molar-refractivity contribution is 5.57. The van der Waals surface area contributed by atoms with Crippen molar-refractivity contribution in [1.29, 1.82) is 0 Å². The van der Waals surface area contributed by atoms with Crippen LogP contribution in [0.4, 0.5) is 11.6 Å². The molecule has 0 aliphatic carbocycles. The first-order chi connectivity index (χ1) is 9.49. The van der Waals surface area contributed by atoms with Gasteiger partial charge in [-0.15, -0.1) is 0 Å². The molecule has 0 aliphatic heterocycles. The van der Waals surface area contributed by atoms with Gasteiger partial charge in [-0.25, -0.2) is 9.97 Å². The topological polar surface area (TPSA) is 70.1 Å². The number of hydrogen-bond acceptors (Lipinski definition) is 5. The lowest BCUT2D eigenvalue weighted by Gasteiger charge is -2.19. The van der Waals surface area contributed by atoms with E-state index in [0.29, 0.717) is 6.42 Å². The van der Waals surface area contributed by atoms with Gasteiger partial charge in [-0.2, -0.15) is 0 Å². The van der Waals surface area contributed by atoms with E-state index in [4.69, 9.17) is 5.11 Å². The maximum atomic E-state index is 9.01. The van der Waals surface area contributed by atoms with Crippen LogP contribution in [0.3, 0.4) is 0 Å². The molecular weight excluding hydrogens is 252 g/mol. The lowest BCUT2D eigenvalue weighted by molar-refractivity contribution is 0.282. The van der Waals surface area contributed by atoms with Crippen LogP contribution in [-0.2, 0) is 0 Å². The average Bonchev–Trinajstić information content (AvgIpc) is 2.39. The summed E-state index contributed by atoms with van der Waals surface area (Å²) in [5.74, 6) is 2.90. The van der Waals surface area contributed by atoms with Crippen molar-refractivity contribution in [2.24, 2.45) is 0 Å². The van der Waals surface area contributed by atoms with E-state index < -0.39 is 0 Å². The number of aromatic nitrogens is 2. The van der Waals surface area contributed by atoms with Gasteiger partial charge in [-0.3, -0.25) is 0 Å². The Morgan fingerprint density at radius 2 is 1.80 bits per heavy atom. The first-order valence-corrected chi connectivity index (χ1v) is 7.49. The number of rotatable bonds is 8. The largest absolute Gasteiger partial charge is 0.396 e. The third-order valence-corrected chi connectivity index (χ3v) is 3.17. The van der Waals surface area contributed by atoms with Gasteiger partial charge in [0.2, 0.25) is 0 Å². The molecule has 1 unspecified atom stereocenters. The molecule has 0 radical (unpaired) electrons. The third-order valence-electron chi connectivity index (χ3n) is 3.17. The second-order valence-corrected chi connectivity index (χ2v) is 5.54. The van der Waals surface area contributed by atoms with Gasteiger partial charge < -0.3 is 15.7 Å². The number of anilines is 2. The van der Waals surface area contributed by atoms with E-state index in [9.17, 15) is 0 Å². The van der Waals surface area contributed by atoms with Crippen LogP contribution < -0.4 is 10.6 Å². The predicted molar refractivity (Wildman–Crippen MR) is 84.4 cm³/mol. The monoisotopic (exact) mass is 280 g/mol. The van der Waals surface area contributed by atoms with E-state index in [1.807, 2.05) is 13.8 Å². The van der Waals surface area contributed by atoms with Crippen LogP contribution in [0.2, 0.25) is 0 Å². The van der Waals surface area contributed by atoms with E-state index in [1.54, 1.807) is 0 Å². The zero-order chi connectivity index (χ0) is 15.1. The molecule has 1 aromatic rings. The van der Waals surface area contributed by atoms with Gasteiger partial charge in [0.25, 0.3) is 0 Å². The summed E-state index contributed by atoms with van der Waals surface area (Å²) in [4.78, 5) is 9.23. The van der Waals surface area contributed by atoms with Crippen molar-refractivity contribution in [3.8, 4) is 0 Å². The number of hydrogen-bond donors (Lipinski definition) is 3. The van der Waals surface area contributed by atoms with Gasteiger partial charge in [0.05, 0.1) is 0 Å². The summed E-state index contributed by atoms with van der Waals surface area (Å²) in [5, 5.41) is 15.7. The van der Waals surface area contributed by atoms with Gasteiger partial charge in [0, 0.05) is 30.7 Å². The molecule has 0 saturated carbocycles. The van der Waals surface area contributed by atoms with Crippen LogP contribution in [0.5, 0.6) is 0 Å². The molecule has 1 aromatic heterocycles. The highest BCUT2D eigenvalue weighted by Crippen LogP contribution is 2.24. The minimum Gasteiger partial charge on any atom is -0.396 e. The van der Waals surface area contributed by atoms with Gasteiger partial charge in [-0.1, -0.05) is 20.8 Å². The fraction of sp³-hybridized carbons (Fsp3) is 0.733. The summed E-state index contributed by atoms with van der Waals surface area (Å²) < 4.78 is 0. The van der Waals surface area contributed by atoms with Crippen LogP contribution >= 0.6 is 0 Å². The van der Waals surface area contributed by atoms with Gasteiger partial charge in [-0.05, 0) is 26.7 Å². The van der Waals surface area contributed by atoms with Gasteiger partial charge in [0.1, 0.15) is 17.5 Å². The van der Waals surface area contributed by atoms with Gasteiger partial charge >= 0.3 is 0 Å². The van der Waals surface area contributed by atoms with Crippen molar-refractivity contribution < 1.29 is 5.11 Å². The van der Waals surface area contributed by atoms with Crippen LogP contribution in [-0.4, -0.2) is 34.3 Å². The minimum absolute atomic E-state index is 0.177. The standard InChI is InChI=1S/C15H28N4O/c1-6-8-16-14-12(5)15(17-11(4)7-9-20)19-13(18-14)10(2)3/h10-11,20H,6-9H2,1-5H3,(H2,16,17,18,19). The number of nitrogens with one attached hydrogen (secondary N) is 2. The summed E-state index contributed by atoms with van der Waals surface area (Å²) in [5.41, 5.74) is 1.03. The van der Waals surface area contributed by atoms with Crippen molar-refractivity contribution in [3.63, 3.8) is 0 Å². The van der Waals surface area contributed by atoms with Crippen molar-refractivity contribution in [2.75, 3.05) is 23.8 Å². The molecule has 20 heavy (non-hydrogen) atoms. The number of aliphatic hydroxyl groups is 1. The Hall–Kier alpha value is -1.36. The van der Waals surface area contributed by atoms with Crippen LogP contribution in [0.25, 0.3) is 0 Å². The molecule has 0 aromatic carbocycles. The Balaban J connectivity index is 3.03. The fourth-order valence-corrected chi connectivity index (χ4v) is 1.85. The maximum absolute atomic E-state index is 9.01. The molecule has 1 heterocycles. The molecule has 0 saturated heterocycles. The predicted octanol–water partition coefficient (Wildman–Crippen LogP) is 2.91. The highest BCUT2D eigenvalue weighted by Gasteiger charge is 2.14. The average molecular weight is 280 g/mol. The Morgan fingerprint density at radius 1 is 1.15 bits per heavy atom. The van der Waals surface area contributed by atoms with E-state index in [-0.39, 0.29) is 18.6 Å². The zero-order valence-electron chi connectivity index (χ0n) is 13.3. The number of aliphatic hydroxyl groups excluding tert-OH is 1. The van der Waals surface area contributed by atoms with E-state index >= 15 is 0 Å². The molecule has 3 N–H and O–H groups in total. The molecule has 5 nitrogen and oxygen atoms in total. The van der Waals surface area contributed by atoms with E-state index in [2.05, 4.69) is 41.4 Å². The van der Waals surface area contributed by atoms with Crippen molar-refractivity contribution in [1.82, 2.24) is 9.97 Å². The van der Waals surface area contributed by atoms with Crippen molar-refractivity contribution in [2.45, 2.75) is 59.4 Å². The first-order valence-electron chi connectivity index (χ1n) is 7.49. The first kappa shape index (κ1) is 16.7. The highest BCUT2D eigenvalue weighted by atomic mass is 16.3. The molecule has 0 aliphatic rings. The maximum Gasteiger partial charge on any atom is 0.135 e. The molecule has 0 spiro atoms. The lowest BCUT2D eigenvalue weighted by Crippen LogP contribution is -2.20. The second-order valence-electron chi connectivity index (χ2n) is 5.54. The molecule has 5 heteroatoms. The van der Waals surface area contributed by atoms with Crippen LogP contribution in [0.1, 0.15) is 57.8 Å². The van der Waals surface area contributed by atoms with E-state index in [1.165, 1.54) is 0 Å². The molecule has 1 rings (SSSR count). The molecule has 0 fully saturated rings. The van der Waals surface area contributed by atoms with Crippen molar-refractivity contribution >= 4 is 11.6 Å². The Kier molecular flexibility index (Phi) is 6.71. The quantitative estimate of drug-likeness (QED) is 0.683.